The van der Waals surface area contributed by atoms with Crippen molar-refractivity contribution < 1.29 is 19.1 Å². The molecule has 0 unspecified atom stereocenters. The molecule has 0 aliphatic heterocycles. The molecule has 0 bridgehead atoms. The quantitative estimate of drug-likeness (QED) is 0.731. The highest BCUT2D eigenvalue weighted by atomic mass is 16.5. The Kier molecular flexibility index (Phi) is 7.16. The maximum absolute atomic E-state index is 12.3. The number of ether oxygens (including phenoxy) is 1. The molecule has 1 aromatic rings. The van der Waals surface area contributed by atoms with Gasteiger partial charge in [0, 0.05) is 5.56 Å². The predicted molar refractivity (Wildman–Crippen MR) is 103 cm³/mol. The van der Waals surface area contributed by atoms with Gasteiger partial charge >= 0.3 is 5.97 Å². The monoisotopic (exact) mass is 385 g/mol. The summed E-state index contributed by atoms with van der Waals surface area (Å²) in [6, 6.07) is 7.47. The summed E-state index contributed by atoms with van der Waals surface area (Å²) in [6.45, 7) is 4.96. The molecule has 1 atom stereocenters. The Morgan fingerprint density at radius 2 is 1.86 bits per heavy atom. The summed E-state index contributed by atoms with van der Waals surface area (Å²) in [6.07, 6.45) is 2.96. The zero-order valence-electron chi connectivity index (χ0n) is 16.6. The second kappa shape index (κ2) is 9.36. The fourth-order valence-corrected chi connectivity index (χ4v) is 3.19. The molecule has 2 rings (SSSR count). The highest BCUT2D eigenvalue weighted by Gasteiger charge is 2.35. The number of carbonyl (C=O) groups is 3. The zero-order chi connectivity index (χ0) is 20.7. The highest BCUT2D eigenvalue weighted by molar-refractivity contribution is 5.96. The first-order chi connectivity index (χ1) is 13.3. The second-order valence-electron chi connectivity index (χ2n) is 7.36. The SMILES string of the molecule is Cc1ccc(C(=O)NCC(=O)O[C@@H](C)C(=O)NC2(C#N)CCCCC2)cc1C. The molecule has 2 N–H and O–H groups in total. The van der Waals surface area contributed by atoms with Gasteiger partial charge < -0.3 is 15.4 Å². The summed E-state index contributed by atoms with van der Waals surface area (Å²) in [4.78, 5) is 36.4. The lowest BCUT2D eigenvalue weighted by molar-refractivity contribution is -0.154. The number of nitrogens with one attached hydrogen (secondary N) is 2. The molecule has 0 aromatic heterocycles. The van der Waals surface area contributed by atoms with Gasteiger partial charge in [0.2, 0.25) is 0 Å². The van der Waals surface area contributed by atoms with Crippen LogP contribution in [0.5, 0.6) is 0 Å². The molecular formula is C21H27N3O4. The van der Waals surface area contributed by atoms with Crippen LogP contribution in [0.1, 0.15) is 60.5 Å². The van der Waals surface area contributed by atoms with Crippen LogP contribution in [0.2, 0.25) is 0 Å². The van der Waals surface area contributed by atoms with Gasteiger partial charge in [-0.1, -0.05) is 25.3 Å². The maximum atomic E-state index is 12.3. The number of benzene rings is 1. The Balaban J connectivity index is 1.83. The summed E-state index contributed by atoms with van der Waals surface area (Å²) >= 11 is 0. The Morgan fingerprint density at radius 3 is 2.46 bits per heavy atom. The Hall–Kier alpha value is -2.88. The van der Waals surface area contributed by atoms with Crippen LogP contribution in [0.15, 0.2) is 18.2 Å². The number of aryl methyl sites for hydroxylation is 2. The first-order valence-electron chi connectivity index (χ1n) is 9.54. The van der Waals surface area contributed by atoms with E-state index in [0.29, 0.717) is 18.4 Å². The van der Waals surface area contributed by atoms with Crippen molar-refractivity contribution in [3.05, 3.63) is 34.9 Å². The molecule has 1 aliphatic rings. The Morgan fingerprint density at radius 1 is 1.18 bits per heavy atom. The third-order valence-corrected chi connectivity index (χ3v) is 5.12. The lowest BCUT2D eigenvalue weighted by atomic mass is 9.83. The van der Waals surface area contributed by atoms with Gasteiger partial charge in [-0.2, -0.15) is 5.26 Å². The molecular weight excluding hydrogens is 358 g/mol. The normalized spacial score (nSPS) is 16.4. The van der Waals surface area contributed by atoms with Crippen molar-refractivity contribution in [2.24, 2.45) is 0 Å². The van der Waals surface area contributed by atoms with E-state index in [1.165, 1.54) is 6.92 Å². The van der Waals surface area contributed by atoms with Gasteiger partial charge in [-0.25, -0.2) is 0 Å². The molecule has 0 saturated heterocycles. The lowest BCUT2D eigenvalue weighted by Gasteiger charge is -2.32. The largest absolute Gasteiger partial charge is 0.451 e. The first-order valence-corrected chi connectivity index (χ1v) is 9.54. The summed E-state index contributed by atoms with van der Waals surface area (Å²) < 4.78 is 5.10. The van der Waals surface area contributed by atoms with E-state index in [9.17, 15) is 19.6 Å². The number of carbonyl (C=O) groups excluding carboxylic acids is 3. The van der Waals surface area contributed by atoms with Gasteiger partial charge in [0.15, 0.2) is 6.10 Å². The summed E-state index contributed by atoms with van der Waals surface area (Å²) in [5.74, 6) is -1.60. The van der Waals surface area contributed by atoms with Crippen LogP contribution in [0.3, 0.4) is 0 Å². The first kappa shape index (κ1) is 21.4. The minimum Gasteiger partial charge on any atom is -0.451 e. The van der Waals surface area contributed by atoms with Crippen LogP contribution >= 0.6 is 0 Å². The van der Waals surface area contributed by atoms with E-state index in [4.69, 9.17) is 4.74 Å². The Bertz CT molecular complexity index is 791. The molecule has 28 heavy (non-hydrogen) atoms. The zero-order valence-corrected chi connectivity index (χ0v) is 16.6. The van der Waals surface area contributed by atoms with E-state index < -0.39 is 23.5 Å². The van der Waals surface area contributed by atoms with Gasteiger partial charge in [-0.3, -0.25) is 14.4 Å². The highest BCUT2D eigenvalue weighted by Crippen LogP contribution is 2.27. The van der Waals surface area contributed by atoms with E-state index in [0.717, 1.165) is 30.4 Å². The number of amides is 2. The minimum atomic E-state index is -1.04. The molecule has 1 aromatic carbocycles. The van der Waals surface area contributed by atoms with Crippen molar-refractivity contribution in [1.82, 2.24) is 10.6 Å². The number of hydrogen-bond donors (Lipinski definition) is 2. The summed E-state index contributed by atoms with van der Waals surface area (Å²) in [5, 5.41) is 14.6. The lowest BCUT2D eigenvalue weighted by Crippen LogP contribution is -2.52. The van der Waals surface area contributed by atoms with Crippen LogP contribution in [0.25, 0.3) is 0 Å². The van der Waals surface area contributed by atoms with Gasteiger partial charge in [0.05, 0.1) is 6.07 Å². The number of hydrogen-bond acceptors (Lipinski definition) is 5. The molecule has 7 nitrogen and oxygen atoms in total. The van der Waals surface area contributed by atoms with Gasteiger partial charge in [-0.15, -0.1) is 0 Å². The molecule has 0 heterocycles. The Labute approximate surface area is 165 Å². The van der Waals surface area contributed by atoms with Crippen LogP contribution in [-0.2, 0) is 14.3 Å². The predicted octanol–water partition coefficient (Wildman–Crippen LogP) is 2.31. The summed E-state index contributed by atoms with van der Waals surface area (Å²) in [5.41, 5.74) is 1.63. The summed E-state index contributed by atoms with van der Waals surface area (Å²) in [7, 11) is 0. The van der Waals surface area contributed by atoms with Crippen LogP contribution in [-0.4, -0.2) is 36.0 Å². The van der Waals surface area contributed by atoms with Crippen molar-refractivity contribution in [2.45, 2.75) is 64.5 Å². The molecule has 1 saturated carbocycles. The van der Waals surface area contributed by atoms with Crippen LogP contribution in [0.4, 0.5) is 0 Å². The standard InChI is InChI=1S/C21H27N3O4/c1-14-7-8-17(11-15(14)2)20(27)23-12-18(25)28-16(3)19(26)24-21(13-22)9-5-4-6-10-21/h7-8,11,16H,4-6,9-10,12H2,1-3H3,(H,23,27)(H,24,26)/t16-/m0/s1. The third kappa shape index (κ3) is 5.56. The van der Waals surface area contributed by atoms with Crippen LogP contribution in [0, 0.1) is 25.2 Å². The van der Waals surface area contributed by atoms with Crippen molar-refractivity contribution in [2.75, 3.05) is 6.54 Å². The molecule has 1 aliphatic carbocycles. The molecule has 0 spiro atoms. The maximum Gasteiger partial charge on any atom is 0.326 e. The fraction of sp³-hybridized carbons (Fsp3) is 0.524. The number of nitrogens with zero attached hydrogens (tertiary/aromatic N) is 1. The third-order valence-electron chi connectivity index (χ3n) is 5.12. The fourth-order valence-electron chi connectivity index (χ4n) is 3.19. The van der Waals surface area contributed by atoms with Crippen molar-refractivity contribution >= 4 is 17.8 Å². The smallest absolute Gasteiger partial charge is 0.326 e. The van der Waals surface area contributed by atoms with Crippen LogP contribution < -0.4 is 10.6 Å². The van der Waals surface area contributed by atoms with Crippen molar-refractivity contribution in [1.29, 1.82) is 5.26 Å². The van der Waals surface area contributed by atoms with Crippen molar-refractivity contribution in [3.8, 4) is 6.07 Å². The average Bonchev–Trinajstić information content (AvgIpc) is 2.68. The number of rotatable bonds is 6. The molecule has 0 radical (unpaired) electrons. The van der Waals surface area contributed by atoms with Gasteiger partial charge in [0.1, 0.15) is 12.1 Å². The second-order valence-corrected chi connectivity index (χ2v) is 7.36. The topological polar surface area (TPSA) is 108 Å². The van der Waals surface area contributed by atoms with E-state index in [2.05, 4.69) is 16.7 Å². The van der Waals surface area contributed by atoms with Gasteiger partial charge in [-0.05, 0) is 56.9 Å². The van der Waals surface area contributed by atoms with E-state index in [-0.39, 0.29) is 12.5 Å². The number of esters is 1. The minimum absolute atomic E-state index is 0.341. The van der Waals surface area contributed by atoms with E-state index in [1.54, 1.807) is 12.1 Å². The number of nitriles is 1. The molecule has 2 amide bonds. The van der Waals surface area contributed by atoms with E-state index in [1.807, 2.05) is 19.9 Å². The van der Waals surface area contributed by atoms with E-state index >= 15 is 0 Å². The van der Waals surface area contributed by atoms with Gasteiger partial charge in [0.25, 0.3) is 11.8 Å². The van der Waals surface area contributed by atoms with Crippen molar-refractivity contribution in [3.63, 3.8) is 0 Å². The molecule has 1 fully saturated rings. The molecule has 7 heteroatoms. The average molecular weight is 385 g/mol. The molecule has 150 valence electrons.